The zero-order valence-electron chi connectivity index (χ0n) is 11.4. The maximum absolute atomic E-state index is 12.5. The molecule has 0 aliphatic heterocycles. The molecule has 0 aromatic rings. The van der Waals surface area contributed by atoms with Gasteiger partial charge >= 0.3 is 6.18 Å². The van der Waals surface area contributed by atoms with Gasteiger partial charge in [-0.25, -0.2) is 0 Å². The first-order chi connectivity index (χ1) is 9.18. The standard InChI is InChI=1S/C11H20F3N3O3/c1-3-10(4-2,8(15)16-20)9(19)17(5-6-18)7-11(12,13)14/h18,20H,3-7H2,1-2H3,(H2,15,16). The summed E-state index contributed by atoms with van der Waals surface area (Å²) in [6.07, 6.45) is -4.43. The van der Waals surface area contributed by atoms with Crippen molar-refractivity contribution in [3.8, 4) is 0 Å². The van der Waals surface area contributed by atoms with Gasteiger partial charge in [-0.1, -0.05) is 19.0 Å². The topological polar surface area (TPSA) is 99.2 Å². The van der Waals surface area contributed by atoms with Crippen LogP contribution >= 0.6 is 0 Å². The van der Waals surface area contributed by atoms with E-state index in [2.05, 4.69) is 5.16 Å². The summed E-state index contributed by atoms with van der Waals surface area (Å²) in [5.74, 6) is -1.35. The molecule has 0 unspecified atom stereocenters. The van der Waals surface area contributed by atoms with Crippen LogP contribution in [0.2, 0.25) is 0 Å². The summed E-state index contributed by atoms with van der Waals surface area (Å²) >= 11 is 0. The number of aliphatic hydroxyl groups is 1. The summed E-state index contributed by atoms with van der Waals surface area (Å²) in [6, 6.07) is 0. The number of carbonyl (C=O) groups is 1. The normalized spacial score (nSPS) is 13.4. The van der Waals surface area contributed by atoms with E-state index in [4.69, 9.17) is 16.0 Å². The van der Waals surface area contributed by atoms with Crippen molar-refractivity contribution in [2.75, 3.05) is 19.7 Å². The number of oxime groups is 1. The van der Waals surface area contributed by atoms with Gasteiger partial charge in [0, 0.05) is 6.54 Å². The number of hydrogen-bond donors (Lipinski definition) is 3. The van der Waals surface area contributed by atoms with Crippen molar-refractivity contribution in [2.24, 2.45) is 16.3 Å². The van der Waals surface area contributed by atoms with E-state index >= 15 is 0 Å². The molecule has 0 aromatic heterocycles. The van der Waals surface area contributed by atoms with Gasteiger partial charge in [0.15, 0.2) is 5.84 Å². The van der Waals surface area contributed by atoms with E-state index in [1.165, 1.54) is 0 Å². The maximum Gasteiger partial charge on any atom is 0.406 e. The Kier molecular flexibility index (Phi) is 6.77. The first kappa shape index (κ1) is 18.5. The third kappa shape index (κ3) is 4.26. The van der Waals surface area contributed by atoms with Gasteiger partial charge in [0.2, 0.25) is 5.91 Å². The lowest BCUT2D eigenvalue weighted by molar-refractivity contribution is -0.166. The van der Waals surface area contributed by atoms with Crippen molar-refractivity contribution < 1.29 is 28.3 Å². The Morgan fingerprint density at radius 2 is 1.80 bits per heavy atom. The SMILES string of the molecule is CCC(CC)(C(=O)N(CCO)CC(F)(F)F)C(N)=NO. The zero-order chi connectivity index (χ0) is 16.0. The van der Waals surface area contributed by atoms with Crippen LogP contribution in [0.25, 0.3) is 0 Å². The Morgan fingerprint density at radius 3 is 2.10 bits per heavy atom. The first-order valence-electron chi connectivity index (χ1n) is 6.13. The van der Waals surface area contributed by atoms with Crippen molar-refractivity contribution in [1.82, 2.24) is 4.90 Å². The average Bonchev–Trinajstić information content (AvgIpc) is 2.38. The molecule has 6 nitrogen and oxygen atoms in total. The number of aliphatic hydroxyl groups excluding tert-OH is 1. The molecule has 0 saturated carbocycles. The van der Waals surface area contributed by atoms with Gasteiger partial charge in [-0.15, -0.1) is 0 Å². The summed E-state index contributed by atoms with van der Waals surface area (Å²) in [4.78, 5) is 12.8. The Labute approximate surface area is 115 Å². The van der Waals surface area contributed by atoms with Crippen LogP contribution in [0.4, 0.5) is 13.2 Å². The highest BCUT2D eigenvalue weighted by atomic mass is 19.4. The summed E-state index contributed by atoms with van der Waals surface area (Å²) in [6.45, 7) is 0.543. The number of alkyl halides is 3. The molecule has 118 valence electrons. The zero-order valence-corrected chi connectivity index (χ0v) is 11.4. The second-order valence-electron chi connectivity index (χ2n) is 4.34. The molecule has 1 amide bonds. The molecule has 0 rings (SSSR count). The predicted octanol–water partition coefficient (Wildman–Crippen LogP) is 0.922. The largest absolute Gasteiger partial charge is 0.409 e. The van der Waals surface area contributed by atoms with Crippen molar-refractivity contribution in [3.63, 3.8) is 0 Å². The number of hydrogen-bond acceptors (Lipinski definition) is 4. The Bertz CT molecular complexity index is 355. The van der Waals surface area contributed by atoms with Crippen molar-refractivity contribution >= 4 is 11.7 Å². The van der Waals surface area contributed by atoms with Gasteiger partial charge in [-0.05, 0) is 12.8 Å². The lowest BCUT2D eigenvalue weighted by Gasteiger charge is -2.35. The third-order valence-electron chi connectivity index (χ3n) is 3.24. The predicted molar refractivity (Wildman–Crippen MR) is 66.1 cm³/mol. The smallest absolute Gasteiger partial charge is 0.406 e. The van der Waals surface area contributed by atoms with Gasteiger partial charge in [0.05, 0.1) is 6.61 Å². The molecule has 0 radical (unpaired) electrons. The molecule has 9 heteroatoms. The van der Waals surface area contributed by atoms with Crippen molar-refractivity contribution in [3.05, 3.63) is 0 Å². The second-order valence-corrected chi connectivity index (χ2v) is 4.34. The molecule has 0 saturated heterocycles. The quantitative estimate of drug-likeness (QED) is 0.282. The van der Waals surface area contributed by atoms with Gasteiger partial charge in [0.25, 0.3) is 0 Å². The van der Waals surface area contributed by atoms with Crippen LogP contribution in [0.1, 0.15) is 26.7 Å². The van der Waals surface area contributed by atoms with Gasteiger partial charge in [0.1, 0.15) is 12.0 Å². The molecule has 0 aromatic carbocycles. The van der Waals surface area contributed by atoms with Crippen LogP contribution in [0.3, 0.4) is 0 Å². The molecule has 0 spiro atoms. The molecule has 20 heavy (non-hydrogen) atoms. The summed E-state index contributed by atoms with van der Waals surface area (Å²) in [5, 5.41) is 20.3. The molecular weight excluding hydrogens is 279 g/mol. The van der Waals surface area contributed by atoms with Gasteiger partial charge in [-0.2, -0.15) is 13.2 Å². The average molecular weight is 299 g/mol. The molecule has 0 atom stereocenters. The van der Waals surface area contributed by atoms with Crippen LogP contribution in [-0.2, 0) is 4.79 Å². The van der Waals surface area contributed by atoms with Crippen molar-refractivity contribution in [1.29, 1.82) is 0 Å². The fourth-order valence-electron chi connectivity index (χ4n) is 2.01. The number of amidine groups is 1. The minimum absolute atomic E-state index is 0.0814. The summed E-state index contributed by atoms with van der Waals surface area (Å²) in [7, 11) is 0. The molecule has 0 fully saturated rings. The van der Waals surface area contributed by atoms with Crippen LogP contribution in [0.15, 0.2) is 5.16 Å². The molecule has 0 heterocycles. The summed E-state index contributed by atoms with van der Waals surface area (Å²) in [5.41, 5.74) is 3.98. The van der Waals surface area contributed by atoms with Gasteiger partial charge in [-0.3, -0.25) is 4.79 Å². The second kappa shape index (κ2) is 7.32. The van der Waals surface area contributed by atoms with E-state index < -0.39 is 43.0 Å². The first-order valence-corrected chi connectivity index (χ1v) is 6.13. The van der Waals surface area contributed by atoms with Crippen molar-refractivity contribution in [2.45, 2.75) is 32.9 Å². The minimum atomic E-state index is -4.59. The Balaban J connectivity index is 5.48. The fraction of sp³-hybridized carbons (Fsp3) is 0.818. The van der Waals surface area contributed by atoms with Crippen LogP contribution in [-0.4, -0.2) is 52.8 Å². The molecular formula is C11H20F3N3O3. The lowest BCUT2D eigenvalue weighted by Crippen LogP contribution is -2.53. The van der Waals surface area contributed by atoms with E-state index in [1.54, 1.807) is 13.8 Å². The Hall–Kier alpha value is -1.51. The number of halogens is 3. The van der Waals surface area contributed by atoms with E-state index in [1.807, 2.05) is 0 Å². The maximum atomic E-state index is 12.5. The summed E-state index contributed by atoms with van der Waals surface area (Å²) < 4.78 is 37.4. The third-order valence-corrected chi connectivity index (χ3v) is 3.24. The highest BCUT2D eigenvalue weighted by molar-refractivity contribution is 6.06. The molecule has 0 aliphatic rings. The van der Waals surface area contributed by atoms with E-state index in [0.717, 1.165) is 0 Å². The fourth-order valence-corrected chi connectivity index (χ4v) is 2.01. The van der Waals surface area contributed by atoms with Crippen LogP contribution in [0.5, 0.6) is 0 Å². The number of rotatable bonds is 7. The van der Waals surface area contributed by atoms with E-state index in [-0.39, 0.29) is 12.8 Å². The van der Waals surface area contributed by atoms with E-state index in [0.29, 0.717) is 4.90 Å². The van der Waals surface area contributed by atoms with E-state index in [9.17, 15) is 18.0 Å². The number of nitrogens with two attached hydrogens (primary N) is 1. The number of amides is 1. The van der Waals surface area contributed by atoms with Crippen LogP contribution in [0, 0.1) is 5.41 Å². The minimum Gasteiger partial charge on any atom is -0.409 e. The monoisotopic (exact) mass is 299 g/mol. The number of nitrogens with zero attached hydrogens (tertiary/aromatic N) is 2. The number of carbonyl (C=O) groups excluding carboxylic acids is 1. The molecule has 0 bridgehead atoms. The highest BCUT2D eigenvalue weighted by Crippen LogP contribution is 2.31. The van der Waals surface area contributed by atoms with Crippen LogP contribution < -0.4 is 5.73 Å². The highest BCUT2D eigenvalue weighted by Gasteiger charge is 2.45. The lowest BCUT2D eigenvalue weighted by atomic mass is 9.79. The molecule has 4 N–H and O–H groups in total. The Morgan fingerprint density at radius 1 is 1.30 bits per heavy atom. The molecule has 0 aliphatic carbocycles. The van der Waals surface area contributed by atoms with Gasteiger partial charge < -0.3 is 20.9 Å².